The van der Waals surface area contributed by atoms with E-state index in [2.05, 4.69) is 25.4 Å². The number of Topliss-reactive ketones (excluding diaryl/α,β-unsaturated/α-hetero) is 1. The first-order valence-electron chi connectivity index (χ1n) is 10.1. The predicted octanol–water partition coefficient (Wildman–Crippen LogP) is 4.70. The molecule has 0 aliphatic heterocycles. The number of hydrogen-bond donors (Lipinski definition) is 2. The number of hydrogen-bond acceptors (Lipinski definition) is 7. The number of alkyl halides is 3. The van der Waals surface area contributed by atoms with Gasteiger partial charge in [-0.05, 0) is 38.1 Å². The van der Waals surface area contributed by atoms with E-state index in [1.165, 1.54) is 32.3 Å². The molecule has 0 aliphatic rings. The maximum absolute atomic E-state index is 13.3. The van der Waals surface area contributed by atoms with Gasteiger partial charge in [0, 0.05) is 46.7 Å². The van der Waals surface area contributed by atoms with Crippen molar-refractivity contribution in [2.45, 2.75) is 20.0 Å². The summed E-state index contributed by atoms with van der Waals surface area (Å²) in [5.41, 5.74) is 0.326. The molecule has 178 valence electrons. The van der Waals surface area contributed by atoms with E-state index in [1.54, 1.807) is 24.3 Å². The fourth-order valence-corrected chi connectivity index (χ4v) is 3.27. The van der Waals surface area contributed by atoms with Gasteiger partial charge in [0.15, 0.2) is 17.3 Å². The van der Waals surface area contributed by atoms with Crippen molar-refractivity contribution in [1.82, 2.24) is 24.7 Å². The minimum atomic E-state index is -4.68. The minimum absolute atomic E-state index is 0.0234. The summed E-state index contributed by atoms with van der Waals surface area (Å²) < 4.78 is 40.9. The number of carbonyl (C=O) groups excluding carboxylic acids is 1. The normalized spacial score (nSPS) is 11.3. The van der Waals surface area contributed by atoms with Crippen LogP contribution in [0.15, 0.2) is 55.0 Å². The van der Waals surface area contributed by atoms with Gasteiger partial charge in [-0.3, -0.25) is 9.78 Å². The van der Waals surface area contributed by atoms with Crippen LogP contribution in [0.2, 0.25) is 0 Å². The maximum atomic E-state index is 13.3. The number of nitrogens with zero attached hydrogens (tertiary/aromatic N) is 5. The number of ketones is 1. The number of carbonyl (C=O) groups is 2. The lowest BCUT2D eigenvalue weighted by Gasteiger charge is -2.13. The lowest BCUT2D eigenvalue weighted by atomic mass is 10.1. The van der Waals surface area contributed by atoms with Gasteiger partial charge in [-0.2, -0.15) is 23.3 Å². The van der Waals surface area contributed by atoms with E-state index in [4.69, 9.17) is 0 Å². The summed E-state index contributed by atoms with van der Waals surface area (Å²) in [5.74, 6) is -1.37. The van der Waals surface area contributed by atoms with Gasteiger partial charge < -0.3 is 10.4 Å². The summed E-state index contributed by atoms with van der Waals surface area (Å²) >= 11 is 0. The molecule has 0 fully saturated rings. The van der Waals surface area contributed by atoms with Gasteiger partial charge in [-0.1, -0.05) is 12.1 Å². The third-order valence-electron chi connectivity index (χ3n) is 4.97. The van der Waals surface area contributed by atoms with Gasteiger partial charge >= 0.3 is 12.1 Å². The van der Waals surface area contributed by atoms with Gasteiger partial charge in [0.1, 0.15) is 0 Å². The number of aromatic nitrogens is 5. The molecule has 1 aromatic carbocycles. The van der Waals surface area contributed by atoms with Gasteiger partial charge in [-0.15, -0.1) is 0 Å². The third-order valence-corrected chi connectivity index (χ3v) is 4.97. The molecule has 35 heavy (non-hydrogen) atoms. The van der Waals surface area contributed by atoms with Gasteiger partial charge in [-0.25, -0.2) is 14.5 Å². The topological polar surface area (TPSA) is 123 Å². The molecule has 4 aromatic rings. The number of anilines is 2. The van der Waals surface area contributed by atoms with Crippen molar-refractivity contribution < 1.29 is 27.9 Å². The van der Waals surface area contributed by atoms with Crippen LogP contribution in [0.5, 0.6) is 0 Å². The SMILES string of the molecule is CC(=O)c1cccc(Nc2ncc(-c3cncc(C(=O)O)c3)c(-n3nc(C(F)(F)F)cc3C)n2)c1. The fourth-order valence-electron chi connectivity index (χ4n) is 3.27. The summed E-state index contributed by atoms with van der Waals surface area (Å²) in [6.45, 7) is 2.85. The molecule has 0 unspecified atom stereocenters. The maximum Gasteiger partial charge on any atom is 0.435 e. The van der Waals surface area contributed by atoms with Crippen LogP contribution >= 0.6 is 0 Å². The van der Waals surface area contributed by atoms with E-state index < -0.39 is 17.8 Å². The first kappa shape index (κ1) is 23.5. The van der Waals surface area contributed by atoms with Crippen LogP contribution < -0.4 is 5.32 Å². The largest absolute Gasteiger partial charge is 0.478 e. The molecule has 9 nitrogen and oxygen atoms in total. The zero-order valence-corrected chi connectivity index (χ0v) is 18.3. The summed E-state index contributed by atoms with van der Waals surface area (Å²) in [6, 6.07) is 8.73. The highest BCUT2D eigenvalue weighted by molar-refractivity contribution is 5.95. The Morgan fingerprint density at radius 1 is 1.06 bits per heavy atom. The summed E-state index contributed by atoms with van der Waals surface area (Å²) in [4.78, 5) is 35.6. The molecule has 3 aromatic heterocycles. The van der Waals surface area contributed by atoms with E-state index in [0.29, 0.717) is 11.3 Å². The Bertz CT molecular complexity index is 1450. The van der Waals surface area contributed by atoms with Crippen LogP contribution in [0.1, 0.15) is 39.0 Å². The van der Waals surface area contributed by atoms with Crippen LogP contribution in [0, 0.1) is 6.92 Å². The van der Waals surface area contributed by atoms with Crippen LogP contribution in [0.4, 0.5) is 24.8 Å². The van der Waals surface area contributed by atoms with Crippen molar-refractivity contribution in [3.63, 3.8) is 0 Å². The van der Waals surface area contributed by atoms with Crippen LogP contribution in [0.3, 0.4) is 0 Å². The average Bonchev–Trinajstić information content (AvgIpc) is 3.21. The summed E-state index contributed by atoms with van der Waals surface area (Å²) in [5, 5.41) is 15.9. The lowest BCUT2D eigenvalue weighted by molar-refractivity contribution is -0.141. The molecule has 2 N–H and O–H groups in total. The Morgan fingerprint density at radius 3 is 2.49 bits per heavy atom. The predicted molar refractivity (Wildman–Crippen MR) is 119 cm³/mol. The first-order chi connectivity index (χ1) is 16.5. The Labute approximate surface area is 196 Å². The van der Waals surface area contributed by atoms with Gasteiger partial charge in [0.25, 0.3) is 0 Å². The Morgan fingerprint density at radius 2 is 1.83 bits per heavy atom. The number of rotatable bonds is 6. The van der Waals surface area contributed by atoms with Crippen molar-refractivity contribution in [3.8, 4) is 16.9 Å². The van der Waals surface area contributed by atoms with Crippen molar-refractivity contribution in [2.24, 2.45) is 0 Å². The summed E-state index contributed by atoms with van der Waals surface area (Å²) in [6.07, 6.45) is -0.856. The van der Waals surface area contributed by atoms with Crippen molar-refractivity contribution in [1.29, 1.82) is 0 Å². The van der Waals surface area contributed by atoms with Gasteiger partial charge in [0.05, 0.1) is 5.56 Å². The number of pyridine rings is 1. The molecule has 0 aliphatic carbocycles. The zero-order chi connectivity index (χ0) is 25.3. The molecule has 3 heterocycles. The number of aryl methyl sites for hydroxylation is 1. The first-order valence-corrected chi connectivity index (χ1v) is 10.1. The molecule has 4 rings (SSSR count). The van der Waals surface area contributed by atoms with E-state index in [0.717, 1.165) is 16.9 Å². The van der Waals surface area contributed by atoms with E-state index in [-0.39, 0.29) is 39.9 Å². The highest BCUT2D eigenvalue weighted by Gasteiger charge is 2.35. The highest BCUT2D eigenvalue weighted by atomic mass is 19.4. The molecule has 0 bridgehead atoms. The molecule has 0 radical (unpaired) electrons. The molecular weight excluding hydrogens is 465 g/mol. The standard InChI is InChI=1S/C23H17F3N6O3/c1-12-6-19(23(24,25)26)31-32(12)20-18(15-7-16(21(34)35)10-27-9-15)11-28-22(30-20)29-17-5-3-4-14(8-17)13(2)33/h3-11H,1-2H3,(H,34,35)(H,28,29,30). The number of nitrogens with one attached hydrogen (secondary N) is 1. The molecule has 0 saturated carbocycles. The second-order valence-electron chi connectivity index (χ2n) is 7.54. The molecule has 12 heteroatoms. The van der Waals surface area contributed by atoms with E-state index in [9.17, 15) is 27.9 Å². The molecule has 0 atom stereocenters. The Kier molecular flexibility index (Phi) is 6.03. The number of halogens is 3. The fraction of sp³-hybridized carbons (Fsp3) is 0.130. The smallest absolute Gasteiger partial charge is 0.435 e. The second-order valence-corrected chi connectivity index (χ2v) is 7.54. The van der Waals surface area contributed by atoms with Gasteiger partial charge in [0.2, 0.25) is 5.95 Å². The van der Waals surface area contributed by atoms with Crippen LogP contribution in [-0.2, 0) is 6.18 Å². The zero-order valence-electron chi connectivity index (χ0n) is 18.3. The van der Waals surface area contributed by atoms with Crippen molar-refractivity contribution in [2.75, 3.05) is 5.32 Å². The molecule has 0 saturated heterocycles. The number of benzene rings is 1. The lowest BCUT2D eigenvalue weighted by Crippen LogP contribution is -2.11. The molecule has 0 spiro atoms. The van der Waals surface area contributed by atoms with Crippen molar-refractivity contribution in [3.05, 3.63) is 77.5 Å². The van der Waals surface area contributed by atoms with Crippen LogP contribution in [0.25, 0.3) is 16.9 Å². The Hall–Kier alpha value is -4.61. The van der Waals surface area contributed by atoms with Crippen LogP contribution in [-0.4, -0.2) is 41.6 Å². The minimum Gasteiger partial charge on any atom is -0.478 e. The van der Waals surface area contributed by atoms with Crippen molar-refractivity contribution >= 4 is 23.4 Å². The second kappa shape index (κ2) is 8.97. The number of carboxylic acids is 1. The molecule has 0 amide bonds. The van der Waals surface area contributed by atoms with E-state index >= 15 is 0 Å². The summed E-state index contributed by atoms with van der Waals surface area (Å²) in [7, 11) is 0. The van der Waals surface area contributed by atoms with E-state index in [1.807, 2.05) is 0 Å². The Balaban J connectivity index is 1.86. The number of carboxylic acid groups (broad SMARTS) is 1. The monoisotopic (exact) mass is 482 g/mol. The third kappa shape index (κ3) is 5.00. The molecular formula is C23H17F3N6O3. The highest BCUT2D eigenvalue weighted by Crippen LogP contribution is 2.32. The number of aromatic carboxylic acids is 1. The quantitative estimate of drug-likeness (QED) is 0.379. The average molecular weight is 482 g/mol.